The summed E-state index contributed by atoms with van der Waals surface area (Å²) in [6.45, 7) is 3.19. The number of carbonyl (C=O) groups is 1. The van der Waals surface area contributed by atoms with Gasteiger partial charge in [0.2, 0.25) is 0 Å². The minimum atomic E-state index is -0.206. The van der Waals surface area contributed by atoms with Crippen molar-refractivity contribution in [2.45, 2.75) is 13.5 Å². The Hall–Kier alpha value is -2.37. The lowest BCUT2D eigenvalue weighted by Crippen LogP contribution is -2.25. The molecule has 0 bridgehead atoms. The van der Waals surface area contributed by atoms with E-state index in [2.05, 4.69) is 20.6 Å². The van der Waals surface area contributed by atoms with Crippen LogP contribution in [0.1, 0.15) is 23.2 Å². The Morgan fingerprint density at radius 1 is 1.37 bits per heavy atom. The van der Waals surface area contributed by atoms with Gasteiger partial charge < -0.3 is 15.2 Å². The van der Waals surface area contributed by atoms with E-state index < -0.39 is 0 Å². The molecule has 2 rings (SSSR count). The van der Waals surface area contributed by atoms with Crippen molar-refractivity contribution in [1.29, 1.82) is 0 Å². The van der Waals surface area contributed by atoms with Crippen molar-refractivity contribution in [3.8, 4) is 0 Å². The maximum atomic E-state index is 12.0. The number of nitrogens with zero attached hydrogens (tertiary/aromatic N) is 3. The predicted octanol–water partition coefficient (Wildman–Crippen LogP) is 1.18. The summed E-state index contributed by atoms with van der Waals surface area (Å²) in [6.07, 6.45) is 5.16. The second-order valence-electron chi connectivity index (χ2n) is 4.10. The van der Waals surface area contributed by atoms with Crippen molar-refractivity contribution >= 4 is 11.6 Å². The Bertz CT molecular complexity index is 564. The summed E-state index contributed by atoms with van der Waals surface area (Å²) in [6, 6.07) is 3.57. The third kappa shape index (κ3) is 3.31. The summed E-state index contributed by atoms with van der Waals surface area (Å²) in [7, 11) is 1.89. The van der Waals surface area contributed by atoms with Crippen molar-refractivity contribution in [1.82, 2.24) is 19.9 Å². The largest absolute Gasteiger partial charge is 0.385 e. The average Bonchev–Trinajstić information content (AvgIpc) is 2.82. The Morgan fingerprint density at radius 2 is 2.21 bits per heavy atom. The molecule has 0 saturated carbocycles. The second kappa shape index (κ2) is 5.99. The number of hydrogen-bond donors (Lipinski definition) is 2. The van der Waals surface area contributed by atoms with Gasteiger partial charge in [-0.3, -0.25) is 9.78 Å². The highest BCUT2D eigenvalue weighted by molar-refractivity contribution is 5.92. The number of hydrogen-bond acceptors (Lipinski definition) is 4. The predicted molar refractivity (Wildman–Crippen MR) is 72.8 cm³/mol. The first-order chi connectivity index (χ1) is 9.20. The fraction of sp³-hybridized carbons (Fsp3) is 0.308. The van der Waals surface area contributed by atoms with Crippen LogP contribution in [0.15, 0.2) is 30.7 Å². The van der Waals surface area contributed by atoms with Gasteiger partial charge in [-0.1, -0.05) is 0 Å². The van der Waals surface area contributed by atoms with E-state index in [9.17, 15) is 4.79 Å². The third-order valence-electron chi connectivity index (χ3n) is 2.70. The van der Waals surface area contributed by atoms with Gasteiger partial charge in [-0.15, -0.1) is 0 Å². The molecule has 0 atom stereocenters. The van der Waals surface area contributed by atoms with E-state index in [0.717, 1.165) is 18.1 Å². The summed E-state index contributed by atoms with van der Waals surface area (Å²) < 4.78 is 1.86. The fourth-order valence-corrected chi connectivity index (χ4v) is 1.69. The normalized spacial score (nSPS) is 10.2. The summed E-state index contributed by atoms with van der Waals surface area (Å²) in [5, 5.41) is 5.94. The molecule has 2 aromatic rings. The lowest BCUT2D eigenvalue weighted by molar-refractivity contribution is 0.0944. The second-order valence-corrected chi connectivity index (χ2v) is 4.10. The van der Waals surface area contributed by atoms with Crippen LogP contribution in [0.4, 0.5) is 5.69 Å². The molecular weight excluding hydrogens is 242 g/mol. The highest BCUT2D eigenvalue weighted by atomic mass is 16.1. The number of anilines is 1. The Morgan fingerprint density at radius 3 is 2.89 bits per heavy atom. The Kier molecular flexibility index (Phi) is 4.12. The minimum Gasteiger partial charge on any atom is -0.385 e. The van der Waals surface area contributed by atoms with Crippen LogP contribution in [0, 0.1) is 0 Å². The molecule has 1 amide bonds. The molecule has 6 heteroatoms. The molecule has 0 aliphatic heterocycles. The van der Waals surface area contributed by atoms with Crippen LogP contribution in [0.2, 0.25) is 0 Å². The van der Waals surface area contributed by atoms with Gasteiger partial charge in [0, 0.05) is 37.9 Å². The number of nitrogens with one attached hydrogen (secondary N) is 2. The number of aromatic nitrogens is 3. The molecule has 19 heavy (non-hydrogen) atoms. The summed E-state index contributed by atoms with van der Waals surface area (Å²) in [4.78, 5) is 20.2. The SMILES string of the molecule is CCNc1ccnc(C(=O)NCc2nccn2C)c1. The molecule has 2 N–H and O–H groups in total. The van der Waals surface area contributed by atoms with Crippen LogP contribution >= 0.6 is 0 Å². The average molecular weight is 259 g/mol. The van der Waals surface area contributed by atoms with Crippen molar-refractivity contribution in [2.75, 3.05) is 11.9 Å². The standard InChI is InChI=1S/C13H17N5O/c1-3-14-10-4-5-15-11(8-10)13(19)17-9-12-16-6-7-18(12)2/h4-8H,3,9H2,1-2H3,(H,14,15)(H,17,19). The number of rotatable bonds is 5. The van der Waals surface area contributed by atoms with Crippen LogP contribution in [-0.2, 0) is 13.6 Å². The van der Waals surface area contributed by atoms with E-state index in [0.29, 0.717) is 12.2 Å². The Labute approximate surface area is 111 Å². The van der Waals surface area contributed by atoms with Crippen LogP contribution in [0.5, 0.6) is 0 Å². The Balaban J connectivity index is 2.00. The molecule has 0 aliphatic rings. The van der Waals surface area contributed by atoms with E-state index in [-0.39, 0.29) is 5.91 Å². The molecular formula is C13H17N5O. The quantitative estimate of drug-likeness (QED) is 0.845. The first kappa shape index (κ1) is 13.1. The monoisotopic (exact) mass is 259 g/mol. The summed E-state index contributed by atoms with van der Waals surface area (Å²) in [5.41, 5.74) is 1.28. The summed E-state index contributed by atoms with van der Waals surface area (Å²) >= 11 is 0. The minimum absolute atomic E-state index is 0.206. The number of amides is 1. The van der Waals surface area contributed by atoms with Gasteiger partial charge in [0.1, 0.15) is 11.5 Å². The third-order valence-corrected chi connectivity index (χ3v) is 2.70. The first-order valence-electron chi connectivity index (χ1n) is 6.15. The van der Waals surface area contributed by atoms with E-state index in [1.807, 2.05) is 30.8 Å². The van der Waals surface area contributed by atoms with Crippen LogP contribution < -0.4 is 10.6 Å². The number of aryl methyl sites for hydroxylation is 1. The van der Waals surface area contributed by atoms with Gasteiger partial charge in [0.05, 0.1) is 6.54 Å². The molecule has 6 nitrogen and oxygen atoms in total. The molecule has 2 heterocycles. The van der Waals surface area contributed by atoms with Gasteiger partial charge in [-0.25, -0.2) is 4.98 Å². The zero-order chi connectivity index (χ0) is 13.7. The maximum Gasteiger partial charge on any atom is 0.270 e. The molecule has 0 aromatic carbocycles. The molecule has 0 fully saturated rings. The van der Waals surface area contributed by atoms with Gasteiger partial charge in [0.25, 0.3) is 5.91 Å². The van der Waals surface area contributed by atoms with Crippen LogP contribution in [-0.4, -0.2) is 27.0 Å². The zero-order valence-corrected chi connectivity index (χ0v) is 11.1. The summed E-state index contributed by atoms with van der Waals surface area (Å²) in [5.74, 6) is 0.596. The van der Waals surface area contributed by atoms with Crippen molar-refractivity contribution in [3.05, 3.63) is 42.2 Å². The lowest BCUT2D eigenvalue weighted by Gasteiger charge is -2.07. The number of pyridine rings is 1. The van der Waals surface area contributed by atoms with Crippen LogP contribution in [0.25, 0.3) is 0 Å². The van der Waals surface area contributed by atoms with Gasteiger partial charge in [0.15, 0.2) is 0 Å². The van der Waals surface area contributed by atoms with E-state index in [1.54, 1.807) is 18.5 Å². The van der Waals surface area contributed by atoms with Gasteiger partial charge >= 0.3 is 0 Å². The molecule has 0 spiro atoms. The molecule has 0 saturated heterocycles. The highest BCUT2D eigenvalue weighted by Gasteiger charge is 2.08. The number of imidazole rings is 1. The molecule has 0 aliphatic carbocycles. The number of carbonyl (C=O) groups excluding carboxylic acids is 1. The first-order valence-corrected chi connectivity index (χ1v) is 6.15. The van der Waals surface area contributed by atoms with Gasteiger partial charge in [-0.05, 0) is 19.1 Å². The van der Waals surface area contributed by atoms with Crippen molar-refractivity contribution in [3.63, 3.8) is 0 Å². The topological polar surface area (TPSA) is 71.8 Å². The van der Waals surface area contributed by atoms with Gasteiger partial charge in [-0.2, -0.15) is 0 Å². The van der Waals surface area contributed by atoms with Crippen LogP contribution in [0.3, 0.4) is 0 Å². The smallest absolute Gasteiger partial charge is 0.270 e. The maximum absolute atomic E-state index is 12.0. The molecule has 100 valence electrons. The van der Waals surface area contributed by atoms with E-state index in [4.69, 9.17) is 0 Å². The molecule has 2 aromatic heterocycles. The van der Waals surface area contributed by atoms with Crippen molar-refractivity contribution in [2.24, 2.45) is 7.05 Å². The molecule has 0 unspecified atom stereocenters. The molecule has 0 radical (unpaired) electrons. The lowest BCUT2D eigenvalue weighted by atomic mass is 10.3. The van der Waals surface area contributed by atoms with E-state index in [1.165, 1.54) is 0 Å². The van der Waals surface area contributed by atoms with E-state index >= 15 is 0 Å². The zero-order valence-electron chi connectivity index (χ0n) is 11.1. The fourth-order valence-electron chi connectivity index (χ4n) is 1.69. The highest BCUT2D eigenvalue weighted by Crippen LogP contribution is 2.07. The van der Waals surface area contributed by atoms with Crippen molar-refractivity contribution < 1.29 is 4.79 Å².